The summed E-state index contributed by atoms with van der Waals surface area (Å²) >= 11 is 0. The monoisotopic (exact) mass is 339 g/mol. The molecular formula is C19H18FN3O2. The number of carbonyl (C=O) groups is 1. The largest absolute Gasteiger partial charge is 0.490 e. The molecule has 0 aliphatic carbocycles. The molecule has 1 fully saturated rings. The first kappa shape index (κ1) is 15.6. The number of H-pyrrole nitrogens is 1. The molecular weight excluding hydrogens is 321 g/mol. The normalized spacial score (nSPS) is 15.5. The summed E-state index contributed by atoms with van der Waals surface area (Å²) in [6, 6.07) is 9.80. The number of fused-ring (bicyclic) bond motifs is 1. The molecule has 1 amide bonds. The summed E-state index contributed by atoms with van der Waals surface area (Å²) < 4.78 is 18.8. The van der Waals surface area contributed by atoms with Crippen LogP contribution >= 0.6 is 0 Å². The molecule has 2 aromatic heterocycles. The fraction of sp³-hybridized carbons (Fsp3) is 0.263. The molecule has 6 heteroatoms. The fourth-order valence-corrected chi connectivity index (χ4v) is 3.12. The van der Waals surface area contributed by atoms with Gasteiger partial charge in [0.15, 0.2) is 0 Å². The number of nitrogens with zero attached hydrogens (tertiary/aromatic N) is 2. The highest BCUT2D eigenvalue weighted by molar-refractivity contribution is 5.97. The van der Waals surface area contributed by atoms with Gasteiger partial charge in [-0.25, -0.2) is 9.37 Å². The van der Waals surface area contributed by atoms with E-state index in [0.717, 1.165) is 23.9 Å². The van der Waals surface area contributed by atoms with Crippen LogP contribution in [0.15, 0.2) is 48.8 Å². The molecule has 0 saturated carbocycles. The minimum Gasteiger partial charge on any atom is -0.490 e. The van der Waals surface area contributed by atoms with Gasteiger partial charge >= 0.3 is 0 Å². The van der Waals surface area contributed by atoms with Crippen LogP contribution in [0, 0.1) is 5.82 Å². The predicted octanol–water partition coefficient (Wildman–Crippen LogP) is 3.39. The lowest BCUT2D eigenvalue weighted by Crippen LogP contribution is -2.41. The first-order valence-corrected chi connectivity index (χ1v) is 8.34. The lowest BCUT2D eigenvalue weighted by Gasteiger charge is -2.32. The van der Waals surface area contributed by atoms with E-state index in [1.807, 2.05) is 23.2 Å². The third-order valence-corrected chi connectivity index (χ3v) is 4.49. The number of rotatable bonds is 3. The molecule has 3 aromatic rings. The van der Waals surface area contributed by atoms with Gasteiger partial charge in [-0.3, -0.25) is 4.79 Å². The smallest absolute Gasteiger partial charge is 0.255 e. The Kier molecular flexibility index (Phi) is 4.09. The number of aromatic nitrogens is 2. The van der Waals surface area contributed by atoms with E-state index in [2.05, 4.69) is 9.97 Å². The van der Waals surface area contributed by atoms with Crippen LogP contribution in [0.3, 0.4) is 0 Å². The maximum absolute atomic E-state index is 12.9. The van der Waals surface area contributed by atoms with Gasteiger partial charge in [-0.15, -0.1) is 0 Å². The molecule has 0 unspecified atom stereocenters. The number of amides is 1. The van der Waals surface area contributed by atoms with Crippen molar-refractivity contribution < 1.29 is 13.9 Å². The number of halogens is 1. The molecule has 5 nitrogen and oxygen atoms in total. The SMILES string of the molecule is O=C(c1cnc2[nH]ccc2c1)N1CCC(Oc2ccc(F)cc2)CC1. The van der Waals surface area contributed by atoms with Crippen LogP contribution in [0.5, 0.6) is 5.75 Å². The molecule has 1 N–H and O–H groups in total. The van der Waals surface area contributed by atoms with E-state index in [1.54, 1.807) is 18.3 Å². The van der Waals surface area contributed by atoms with Crippen LogP contribution < -0.4 is 4.74 Å². The summed E-state index contributed by atoms with van der Waals surface area (Å²) in [5, 5.41) is 0.931. The zero-order valence-electron chi connectivity index (χ0n) is 13.6. The second-order valence-corrected chi connectivity index (χ2v) is 6.20. The Labute approximate surface area is 144 Å². The van der Waals surface area contributed by atoms with Crippen LogP contribution in [-0.4, -0.2) is 40.0 Å². The molecule has 1 aromatic carbocycles. The van der Waals surface area contributed by atoms with E-state index in [9.17, 15) is 9.18 Å². The van der Waals surface area contributed by atoms with Gasteiger partial charge in [-0.1, -0.05) is 0 Å². The van der Waals surface area contributed by atoms with E-state index in [0.29, 0.717) is 24.4 Å². The number of hydrogen-bond acceptors (Lipinski definition) is 3. The maximum Gasteiger partial charge on any atom is 0.255 e. The van der Waals surface area contributed by atoms with Gasteiger partial charge in [-0.05, 0) is 36.4 Å². The fourth-order valence-electron chi connectivity index (χ4n) is 3.12. The number of benzene rings is 1. The van der Waals surface area contributed by atoms with Crippen molar-refractivity contribution in [2.75, 3.05) is 13.1 Å². The molecule has 1 aliphatic heterocycles. The summed E-state index contributed by atoms with van der Waals surface area (Å²) in [6.45, 7) is 1.27. The number of carbonyl (C=O) groups excluding carboxylic acids is 1. The molecule has 0 spiro atoms. The second-order valence-electron chi connectivity index (χ2n) is 6.20. The lowest BCUT2D eigenvalue weighted by atomic mass is 10.1. The van der Waals surface area contributed by atoms with E-state index in [1.165, 1.54) is 12.1 Å². The van der Waals surface area contributed by atoms with Crippen LogP contribution in [0.25, 0.3) is 11.0 Å². The number of pyridine rings is 1. The van der Waals surface area contributed by atoms with Crippen molar-refractivity contribution in [1.29, 1.82) is 0 Å². The molecule has 1 saturated heterocycles. The van der Waals surface area contributed by atoms with E-state index in [4.69, 9.17) is 4.74 Å². The minimum atomic E-state index is -0.277. The number of hydrogen-bond donors (Lipinski definition) is 1. The molecule has 0 atom stereocenters. The Balaban J connectivity index is 1.37. The van der Waals surface area contributed by atoms with Gasteiger partial charge in [0.2, 0.25) is 0 Å². The highest BCUT2D eigenvalue weighted by Gasteiger charge is 2.25. The van der Waals surface area contributed by atoms with Gasteiger partial charge < -0.3 is 14.6 Å². The minimum absolute atomic E-state index is 0.00386. The van der Waals surface area contributed by atoms with Gasteiger partial charge in [0, 0.05) is 43.7 Å². The molecule has 3 heterocycles. The Hall–Kier alpha value is -2.89. The summed E-state index contributed by atoms with van der Waals surface area (Å²) in [4.78, 5) is 21.8. The van der Waals surface area contributed by atoms with E-state index in [-0.39, 0.29) is 17.8 Å². The van der Waals surface area contributed by atoms with Gasteiger partial charge in [-0.2, -0.15) is 0 Å². The van der Waals surface area contributed by atoms with Crippen LogP contribution in [-0.2, 0) is 0 Å². The first-order valence-electron chi connectivity index (χ1n) is 8.34. The maximum atomic E-state index is 12.9. The van der Waals surface area contributed by atoms with Crippen LogP contribution in [0.2, 0.25) is 0 Å². The zero-order valence-corrected chi connectivity index (χ0v) is 13.6. The van der Waals surface area contributed by atoms with Gasteiger partial charge in [0.05, 0.1) is 5.56 Å². The van der Waals surface area contributed by atoms with Crippen molar-refractivity contribution in [3.8, 4) is 5.75 Å². The number of ether oxygens (including phenoxy) is 1. The summed E-state index contributed by atoms with van der Waals surface area (Å²) in [6.07, 6.45) is 4.97. The Bertz CT molecular complexity index is 883. The van der Waals surface area contributed by atoms with Crippen LogP contribution in [0.4, 0.5) is 4.39 Å². The van der Waals surface area contributed by atoms with Crippen molar-refractivity contribution in [2.24, 2.45) is 0 Å². The second kappa shape index (κ2) is 6.55. The average Bonchev–Trinajstić information content (AvgIpc) is 3.11. The highest BCUT2D eigenvalue weighted by Crippen LogP contribution is 2.21. The Morgan fingerprint density at radius 1 is 1.20 bits per heavy atom. The molecule has 128 valence electrons. The molecule has 1 aliphatic rings. The number of nitrogens with one attached hydrogen (secondary N) is 1. The van der Waals surface area contributed by atoms with Crippen molar-refractivity contribution in [3.63, 3.8) is 0 Å². The molecule has 0 bridgehead atoms. The van der Waals surface area contributed by atoms with Crippen molar-refractivity contribution in [2.45, 2.75) is 18.9 Å². The van der Waals surface area contributed by atoms with E-state index < -0.39 is 0 Å². The molecule has 0 radical (unpaired) electrons. The summed E-state index contributed by atoms with van der Waals surface area (Å²) in [7, 11) is 0. The highest BCUT2D eigenvalue weighted by atomic mass is 19.1. The van der Waals surface area contributed by atoms with Gasteiger partial charge in [0.1, 0.15) is 23.3 Å². The van der Waals surface area contributed by atoms with Crippen molar-refractivity contribution in [1.82, 2.24) is 14.9 Å². The Morgan fingerprint density at radius 3 is 2.72 bits per heavy atom. The quantitative estimate of drug-likeness (QED) is 0.796. The summed E-state index contributed by atoms with van der Waals surface area (Å²) in [5.41, 5.74) is 1.38. The predicted molar refractivity (Wildman–Crippen MR) is 92.0 cm³/mol. The third kappa shape index (κ3) is 3.33. The van der Waals surface area contributed by atoms with Crippen LogP contribution in [0.1, 0.15) is 23.2 Å². The zero-order chi connectivity index (χ0) is 17.2. The molecule has 25 heavy (non-hydrogen) atoms. The summed E-state index contributed by atoms with van der Waals surface area (Å²) in [5.74, 6) is 0.380. The first-order chi connectivity index (χ1) is 12.2. The number of aromatic amines is 1. The topological polar surface area (TPSA) is 58.2 Å². The molecule has 4 rings (SSSR count). The Morgan fingerprint density at radius 2 is 1.96 bits per heavy atom. The van der Waals surface area contributed by atoms with Gasteiger partial charge in [0.25, 0.3) is 5.91 Å². The standard InChI is InChI=1S/C19H18FN3O2/c20-15-1-3-16(4-2-15)25-17-6-9-23(10-7-17)19(24)14-11-13-5-8-21-18(13)22-12-14/h1-5,8,11-12,17H,6-7,9-10H2,(H,21,22). The number of likely N-dealkylation sites (tertiary alicyclic amines) is 1. The third-order valence-electron chi connectivity index (χ3n) is 4.49. The lowest BCUT2D eigenvalue weighted by molar-refractivity contribution is 0.0595. The number of piperidine rings is 1. The van der Waals surface area contributed by atoms with E-state index >= 15 is 0 Å². The van der Waals surface area contributed by atoms with Crippen molar-refractivity contribution in [3.05, 3.63) is 60.2 Å². The van der Waals surface area contributed by atoms with Crippen molar-refractivity contribution >= 4 is 16.9 Å². The average molecular weight is 339 g/mol.